The van der Waals surface area contributed by atoms with Crippen LogP contribution in [0.3, 0.4) is 0 Å². The molecule has 0 spiro atoms. The summed E-state index contributed by atoms with van der Waals surface area (Å²) in [6.07, 6.45) is 0.423. The number of carbonyl (C=O) groups is 1. The van der Waals surface area contributed by atoms with E-state index in [1.165, 1.54) is 10.4 Å². The van der Waals surface area contributed by atoms with Gasteiger partial charge in [-0.2, -0.15) is 0 Å². The van der Waals surface area contributed by atoms with E-state index >= 15 is 0 Å². The normalized spacial score (nSPS) is 13.1. The van der Waals surface area contributed by atoms with E-state index in [2.05, 4.69) is 110 Å². The first kappa shape index (κ1) is 29.2. The third-order valence-corrected chi connectivity index (χ3v) is 12.6. The number of nitrogens with one attached hydrogen (secondary N) is 1. The molecule has 4 nitrogen and oxygen atoms in total. The number of rotatable bonds is 8. The van der Waals surface area contributed by atoms with Gasteiger partial charge < -0.3 is 9.16 Å². The molecule has 1 atom stereocenters. The van der Waals surface area contributed by atoms with Gasteiger partial charge in [0.2, 0.25) is 0 Å². The molecule has 0 aliphatic rings. The zero-order chi connectivity index (χ0) is 27.3. The molecule has 0 saturated carbocycles. The molecule has 1 amide bonds. The lowest BCUT2D eigenvalue weighted by molar-refractivity contribution is 0.0636. The summed E-state index contributed by atoms with van der Waals surface area (Å²) in [4.78, 5) is 12.6. The number of halogens is 1. The van der Waals surface area contributed by atoms with Gasteiger partial charge in [-0.25, -0.2) is 4.79 Å². The predicted octanol–water partition coefficient (Wildman–Crippen LogP) is 7.59. The van der Waals surface area contributed by atoms with Crippen LogP contribution < -0.4 is 20.1 Å². The molecule has 0 heterocycles. The molecule has 0 radical (unpaired) electrons. The van der Waals surface area contributed by atoms with Crippen molar-refractivity contribution < 1.29 is 14.0 Å². The van der Waals surface area contributed by atoms with Crippen molar-refractivity contribution in [3.8, 4) is 5.75 Å². The molecule has 0 saturated heterocycles. The van der Waals surface area contributed by atoms with E-state index in [9.17, 15) is 4.79 Å². The molecule has 3 aromatic rings. The van der Waals surface area contributed by atoms with Gasteiger partial charge in [-0.1, -0.05) is 111 Å². The third kappa shape index (κ3) is 7.60. The van der Waals surface area contributed by atoms with Crippen molar-refractivity contribution in [2.45, 2.75) is 65.5 Å². The van der Waals surface area contributed by atoms with Crippen molar-refractivity contribution in [2.24, 2.45) is 5.92 Å². The molecule has 0 aliphatic heterocycles. The fourth-order valence-electron chi connectivity index (χ4n) is 4.61. The van der Waals surface area contributed by atoms with Gasteiger partial charge in [-0.3, -0.25) is 5.32 Å². The fourth-order valence-corrected chi connectivity index (χ4v) is 9.33. The summed E-state index contributed by atoms with van der Waals surface area (Å²) in [7, 11) is -2.81. The van der Waals surface area contributed by atoms with E-state index in [0.717, 1.165) is 22.2 Å². The lowest BCUT2D eigenvalue weighted by atomic mass is 10.0. The molecule has 3 aromatic carbocycles. The summed E-state index contributed by atoms with van der Waals surface area (Å²) < 4.78 is 13.8. The van der Waals surface area contributed by atoms with Crippen molar-refractivity contribution in [3.05, 3.63) is 84.4 Å². The molecule has 0 unspecified atom stereocenters. The molecule has 0 bridgehead atoms. The molecule has 0 fully saturated rings. The SMILES string of the molecule is C[C@@H](CI)Cc1cc(NC(=O)OC(C)(C)C)cc(O[Si](c2ccccc2)(c2ccccc2)C(C)(C)C)c1. The van der Waals surface area contributed by atoms with Crippen molar-refractivity contribution in [3.63, 3.8) is 0 Å². The number of amides is 1. The molecule has 198 valence electrons. The van der Waals surface area contributed by atoms with Gasteiger partial charge >= 0.3 is 14.4 Å². The Morgan fingerprint density at radius 3 is 1.89 bits per heavy atom. The number of hydrogen-bond donors (Lipinski definition) is 1. The summed E-state index contributed by atoms with van der Waals surface area (Å²) in [5.41, 5.74) is 1.23. The van der Waals surface area contributed by atoms with E-state index in [1.54, 1.807) is 0 Å². The van der Waals surface area contributed by atoms with Crippen LogP contribution in [0, 0.1) is 5.92 Å². The van der Waals surface area contributed by atoms with Gasteiger partial charge in [0, 0.05) is 16.2 Å². The maximum Gasteiger partial charge on any atom is 0.412 e. The van der Waals surface area contributed by atoms with Crippen LogP contribution in [0.4, 0.5) is 10.5 Å². The maximum atomic E-state index is 12.6. The fraction of sp³-hybridized carbons (Fsp3) is 0.387. The number of ether oxygens (including phenoxy) is 1. The number of anilines is 1. The molecule has 37 heavy (non-hydrogen) atoms. The van der Waals surface area contributed by atoms with Gasteiger partial charge in [0.15, 0.2) is 0 Å². The van der Waals surface area contributed by atoms with Crippen LogP contribution in [0.2, 0.25) is 5.04 Å². The highest BCUT2D eigenvalue weighted by atomic mass is 127. The largest absolute Gasteiger partial charge is 0.534 e. The van der Waals surface area contributed by atoms with Crippen molar-refractivity contribution in [2.75, 3.05) is 9.74 Å². The standard InChI is InChI=1S/C31H40INO3Si/c1-23(22-32)18-24-19-25(33-29(34)35-30(2,3)4)21-26(20-24)36-37(31(5,6)7,27-14-10-8-11-15-27)28-16-12-9-13-17-28/h8-17,19-21,23H,18,22H2,1-7H3,(H,33,34)/t23-/m1/s1. The van der Waals surface area contributed by atoms with Crippen LogP contribution in [0.1, 0.15) is 54.0 Å². The Kier molecular flexibility index (Phi) is 9.50. The monoisotopic (exact) mass is 629 g/mol. The Labute approximate surface area is 237 Å². The summed E-state index contributed by atoms with van der Waals surface area (Å²) in [5, 5.41) is 5.20. The van der Waals surface area contributed by atoms with Crippen LogP contribution in [0.25, 0.3) is 0 Å². The van der Waals surface area contributed by atoms with E-state index in [1.807, 2.05) is 45.0 Å². The molecule has 0 aromatic heterocycles. The molecular formula is C31H40INO3Si. The minimum absolute atomic E-state index is 0.167. The van der Waals surface area contributed by atoms with Crippen LogP contribution in [0.15, 0.2) is 78.9 Å². The summed E-state index contributed by atoms with van der Waals surface area (Å²) >= 11 is 2.43. The molecule has 6 heteroatoms. The topological polar surface area (TPSA) is 47.6 Å². The Morgan fingerprint density at radius 2 is 1.43 bits per heavy atom. The molecular weight excluding hydrogens is 589 g/mol. The third-order valence-electron chi connectivity index (χ3n) is 6.15. The Bertz CT molecular complexity index is 1130. The first-order valence-electron chi connectivity index (χ1n) is 12.8. The Morgan fingerprint density at radius 1 is 0.892 bits per heavy atom. The minimum Gasteiger partial charge on any atom is -0.534 e. The minimum atomic E-state index is -2.81. The first-order valence-corrected chi connectivity index (χ1v) is 16.3. The molecule has 3 rings (SSSR count). The number of alkyl halides is 1. The zero-order valence-electron chi connectivity index (χ0n) is 23.1. The Balaban J connectivity index is 2.16. The van der Waals surface area contributed by atoms with Gasteiger partial charge in [-0.05, 0) is 66.2 Å². The van der Waals surface area contributed by atoms with Gasteiger partial charge in [-0.15, -0.1) is 0 Å². The number of hydrogen-bond acceptors (Lipinski definition) is 3. The lowest BCUT2D eigenvalue weighted by Crippen LogP contribution is -2.68. The van der Waals surface area contributed by atoms with Gasteiger partial charge in [0.25, 0.3) is 0 Å². The van der Waals surface area contributed by atoms with Crippen LogP contribution >= 0.6 is 22.6 Å². The first-order chi connectivity index (χ1) is 17.3. The number of benzene rings is 3. The summed E-state index contributed by atoms with van der Waals surface area (Å²) in [6.45, 7) is 14.6. The van der Waals surface area contributed by atoms with Crippen LogP contribution in [0.5, 0.6) is 5.75 Å². The lowest BCUT2D eigenvalue weighted by Gasteiger charge is -2.43. The van der Waals surface area contributed by atoms with E-state index in [0.29, 0.717) is 11.6 Å². The van der Waals surface area contributed by atoms with Crippen molar-refractivity contribution in [1.82, 2.24) is 0 Å². The summed E-state index contributed by atoms with van der Waals surface area (Å²) in [6, 6.07) is 27.3. The second kappa shape index (κ2) is 12.0. The van der Waals surface area contributed by atoms with Crippen molar-refractivity contribution >= 4 is 53.1 Å². The van der Waals surface area contributed by atoms with E-state index in [-0.39, 0.29) is 5.04 Å². The average Bonchev–Trinajstić information content (AvgIpc) is 2.81. The predicted molar refractivity (Wildman–Crippen MR) is 166 cm³/mol. The highest BCUT2D eigenvalue weighted by Gasteiger charge is 2.52. The second-order valence-corrected chi connectivity index (χ2v) is 16.8. The van der Waals surface area contributed by atoms with Crippen LogP contribution in [-0.2, 0) is 11.2 Å². The molecule has 1 N–H and O–H groups in total. The van der Waals surface area contributed by atoms with Crippen molar-refractivity contribution in [1.29, 1.82) is 0 Å². The van der Waals surface area contributed by atoms with Crippen LogP contribution in [-0.4, -0.2) is 24.4 Å². The highest BCUT2D eigenvalue weighted by molar-refractivity contribution is 14.1. The smallest absolute Gasteiger partial charge is 0.412 e. The number of carbonyl (C=O) groups excluding carboxylic acids is 1. The second-order valence-electron chi connectivity index (χ2n) is 11.7. The zero-order valence-corrected chi connectivity index (χ0v) is 26.3. The Hall–Kier alpha value is -2.32. The summed E-state index contributed by atoms with van der Waals surface area (Å²) in [5.74, 6) is 1.26. The maximum absolute atomic E-state index is 12.6. The molecule has 0 aliphatic carbocycles. The quantitative estimate of drug-likeness (QED) is 0.159. The van der Waals surface area contributed by atoms with E-state index in [4.69, 9.17) is 9.16 Å². The van der Waals surface area contributed by atoms with E-state index < -0.39 is 20.0 Å². The average molecular weight is 630 g/mol. The van der Waals surface area contributed by atoms with Gasteiger partial charge in [0.1, 0.15) is 11.4 Å². The highest BCUT2D eigenvalue weighted by Crippen LogP contribution is 2.38. The van der Waals surface area contributed by atoms with Gasteiger partial charge in [0.05, 0.1) is 0 Å².